The topological polar surface area (TPSA) is 110 Å². The first-order chi connectivity index (χ1) is 13.2. The normalized spacial score (nSPS) is 10.6. The van der Waals surface area contributed by atoms with Gasteiger partial charge in [-0.05, 0) is 38.8 Å². The third-order valence-corrected chi connectivity index (χ3v) is 4.41. The second kappa shape index (κ2) is 9.12. The van der Waals surface area contributed by atoms with Crippen molar-refractivity contribution in [2.75, 3.05) is 18.4 Å². The summed E-state index contributed by atoms with van der Waals surface area (Å²) >= 11 is 0. The highest BCUT2D eigenvalue weighted by atomic mass is 16.6. The molecule has 0 aliphatic heterocycles. The number of nitrogens with zero attached hydrogens (tertiary/aromatic N) is 4. The van der Waals surface area contributed by atoms with Gasteiger partial charge in [0.25, 0.3) is 0 Å². The van der Waals surface area contributed by atoms with Crippen molar-refractivity contribution in [3.8, 4) is 0 Å². The van der Waals surface area contributed by atoms with E-state index in [4.69, 9.17) is 0 Å². The van der Waals surface area contributed by atoms with Crippen LogP contribution in [0.2, 0.25) is 0 Å². The molecule has 1 heterocycles. The number of hydrogen-bond acceptors (Lipinski definition) is 5. The van der Waals surface area contributed by atoms with E-state index in [1.54, 1.807) is 13.0 Å². The van der Waals surface area contributed by atoms with E-state index < -0.39 is 4.92 Å². The SMILES string of the molecule is CCCN(CC(=O)Nc1ccccc1C)C(=O)Cn1nc(C)c([N+](=O)[O-])c1C. The summed E-state index contributed by atoms with van der Waals surface area (Å²) < 4.78 is 1.32. The van der Waals surface area contributed by atoms with Gasteiger partial charge in [0.05, 0.1) is 11.5 Å². The van der Waals surface area contributed by atoms with E-state index in [-0.39, 0.29) is 36.3 Å². The standard InChI is InChI=1S/C19H25N5O4/c1-5-10-22(11-17(25)20-16-9-7-6-8-13(16)2)18(26)12-23-15(4)19(24(27)28)14(3)21-23/h6-9H,5,10-12H2,1-4H3,(H,20,25). The maximum absolute atomic E-state index is 12.7. The predicted octanol–water partition coefficient (Wildman–Crippen LogP) is 2.59. The highest BCUT2D eigenvalue weighted by Crippen LogP contribution is 2.21. The van der Waals surface area contributed by atoms with Crippen LogP contribution in [-0.2, 0) is 16.1 Å². The molecular weight excluding hydrogens is 362 g/mol. The van der Waals surface area contributed by atoms with Crippen LogP contribution in [0.1, 0.15) is 30.3 Å². The molecule has 9 heteroatoms. The molecule has 150 valence electrons. The molecule has 1 N–H and O–H groups in total. The number of carbonyl (C=O) groups is 2. The van der Waals surface area contributed by atoms with Crippen LogP contribution in [0.5, 0.6) is 0 Å². The first kappa shape index (κ1) is 21.1. The quantitative estimate of drug-likeness (QED) is 0.553. The molecule has 0 unspecified atom stereocenters. The van der Waals surface area contributed by atoms with Crippen molar-refractivity contribution in [3.63, 3.8) is 0 Å². The molecule has 2 amide bonds. The van der Waals surface area contributed by atoms with Gasteiger partial charge in [-0.15, -0.1) is 0 Å². The molecule has 2 rings (SSSR count). The van der Waals surface area contributed by atoms with Crippen LogP contribution >= 0.6 is 0 Å². The van der Waals surface area contributed by atoms with Crippen molar-refractivity contribution in [2.45, 2.75) is 40.7 Å². The summed E-state index contributed by atoms with van der Waals surface area (Å²) in [5.41, 5.74) is 2.11. The third kappa shape index (κ3) is 4.93. The maximum Gasteiger partial charge on any atom is 0.312 e. The van der Waals surface area contributed by atoms with Crippen molar-refractivity contribution in [1.29, 1.82) is 0 Å². The van der Waals surface area contributed by atoms with Gasteiger partial charge in [-0.25, -0.2) is 0 Å². The van der Waals surface area contributed by atoms with E-state index in [0.717, 1.165) is 5.56 Å². The number of nitro groups is 1. The van der Waals surface area contributed by atoms with E-state index in [2.05, 4.69) is 10.4 Å². The van der Waals surface area contributed by atoms with E-state index >= 15 is 0 Å². The van der Waals surface area contributed by atoms with Crippen molar-refractivity contribution < 1.29 is 14.5 Å². The van der Waals surface area contributed by atoms with E-state index in [0.29, 0.717) is 24.3 Å². The average molecular weight is 387 g/mol. The summed E-state index contributed by atoms with van der Waals surface area (Å²) in [6.45, 7) is 7.04. The van der Waals surface area contributed by atoms with Crippen molar-refractivity contribution >= 4 is 23.2 Å². The Bertz CT molecular complexity index is 890. The number of carbonyl (C=O) groups excluding carboxylic acids is 2. The lowest BCUT2D eigenvalue weighted by Crippen LogP contribution is -2.40. The van der Waals surface area contributed by atoms with Gasteiger partial charge in [0.15, 0.2) is 0 Å². The van der Waals surface area contributed by atoms with Crippen LogP contribution in [0.3, 0.4) is 0 Å². The fourth-order valence-corrected chi connectivity index (χ4v) is 2.97. The van der Waals surface area contributed by atoms with Crippen LogP contribution in [0.4, 0.5) is 11.4 Å². The zero-order chi connectivity index (χ0) is 20.8. The monoisotopic (exact) mass is 387 g/mol. The molecule has 2 aromatic rings. The van der Waals surface area contributed by atoms with E-state index in [1.807, 2.05) is 32.0 Å². The lowest BCUT2D eigenvalue weighted by atomic mass is 10.2. The van der Waals surface area contributed by atoms with Gasteiger partial charge in [0, 0.05) is 12.2 Å². The van der Waals surface area contributed by atoms with Gasteiger partial charge < -0.3 is 10.2 Å². The van der Waals surface area contributed by atoms with Crippen molar-refractivity contribution in [1.82, 2.24) is 14.7 Å². The number of nitrogens with one attached hydrogen (secondary N) is 1. The Balaban J connectivity index is 2.10. The lowest BCUT2D eigenvalue weighted by molar-refractivity contribution is -0.386. The van der Waals surface area contributed by atoms with Crippen molar-refractivity contribution in [2.24, 2.45) is 0 Å². The molecule has 1 aromatic carbocycles. The number of rotatable bonds is 8. The second-order valence-electron chi connectivity index (χ2n) is 6.61. The Hall–Kier alpha value is -3.23. The lowest BCUT2D eigenvalue weighted by Gasteiger charge is -2.22. The molecule has 9 nitrogen and oxygen atoms in total. The summed E-state index contributed by atoms with van der Waals surface area (Å²) in [6.07, 6.45) is 0.681. The van der Waals surface area contributed by atoms with Crippen LogP contribution < -0.4 is 5.32 Å². The number of anilines is 1. The van der Waals surface area contributed by atoms with Crippen LogP contribution in [-0.4, -0.2) is 44.5 Å². The van der Waals surface area contributed by atoms with E-state index in [9.17, 15) is 19.7 Å². The molecule has 0 spiro atoms. The van der Waals surface area contributed by atoms with Gasteiger partial charge in [-0.1, -0.05) is 25.1 Å². The summed E-state index contributed by atoms with van der Waals surface area (Å²) in [4.78, 5) is 37.2. The van der Waals surface area contributed by atoms with Crippen LogP contribution in [0.15, 0.2) is 24.3 Å². The van der Waals surface area contributed by atoms with Gasteiger partial charge in [-0.2, -0.15) is 5.10 Å². The summed E-state index contributed by atoms with van der Waals surface area (Å²) in [7, 11) is 0. The Morgan fingerprint density at radius 3 is 2.50 bits per heavy atom. The molecule has 0 fully saturated rings. The zero-order valence-corrected chi connectivity index (χ0v) is 16.6. The predicted molar refractivity (Wildman–Crippen MR) is 105 cm³/mol. The van der Waals surface area contributed by atoms with Gasteiger partial charge in [0.2, 0.25) is 11.8 Å². The average Bonchev–Trinajstić information content (AvgIpc) is 2.90. The summed E-state index contributed by atoms with van der Waals surface area (Å²) in [5.74, 6) is -0.613. The molecule has 0 atom stereocenters. The minimum absolute atomic E-state index is 0.0906. The Morgan fingerprint density at radius 2 is 1.93 bits per heavy atom. The Kier molecular flexibility index (Phi) is 6.86. The number of aryl methyl sites for hydroxylation is 2. The number of amides is 2. The van der Waals surface area contributed by atoms with Crippen LogP contribution in [0, 0.1) is 30.9 Å². The van der Waals surface area contributed by atoms with Gasteiger partial charge >= 0.3 is 5.69 Å². The summed E-state index contributed by atoms with van der Waals surface area (Å²) in [5, 5.41) is 18.0. The number of aromatic nitrogens is 2. The molecule has 0 bridgehead atoms. The smallest absolute Gasteiger partial charge is 0.312 e. The molecule has 0 aliphatic rings. The van der Waals surface area contributed by atoms with Gasteiger partial charge in [0.1, 0.15) is 17.9 Å². The summed E-state index contributed by atoms with van der Waals surface area (Å²) in [6, 6.07) is 7.40. The minimum atomic E-state index is -0.502. The molecule has 0 radical (unpaired) electrons. The number of benzene rings is 1. The fraction of sp³-hybridized carbons (Fsp3) is 0.421. The third-order valence-electron chi connectivity index (χ3n) is 4.41. The molecule has 0 saturated heterocycles. The molecule has 0 aliphatic carbocycles. The minimum Gasteiger partial charge on any atom is -0.332 e. The van der Waals surface area contributed by atoms with Gasteiger partial charge in [-0.3, -0.25) is 24.4 Å². The maximum atomic E-state index is 12.7. The Morgan fingerprint density at radius 1 is 1.25 bits per heavy atom. The largest absolute Gasteiger partial charge is 0.332 e. The molecule has 1 aromatic heterocycles. The highest BCUT2D eigenvalue weighted by Gasteiger charge is 2.24. The van der Waals surface area contributed by atoms with E-state index in [1.165, 1.54) is 16.5 Å². The van der Waals surface area contributed by atoms with Crippen LogP contribution in [0.25, 0.3) is 0 Å². The first-order valence-corrected chi connectivity index (χ1v) is 9.06. The molecular formula is C19H25N5O4. The first-order valence-electron chi connectivity index (χ1n) is 9.06. The fourth-order valence-electron chi connectivity index (χ4n) is 2.97. The highest BCUT2D eigenvalue weighted by molar-refractivity contribution is 5.95. The second-order valence-corrected chi connectivity index (χ2v) is 6.61. The molecule has 28 heavy (non-hydrogen) atoms. The number of hydrogen-bond donors (Lipinski definition) is 1. The van der Waals surface area contributed by atoms with Crippen molar-refractivity contribution in [3.05, 3.63) is 51.3 Å². The number of para-hydroxylation sites is 1. The molecule has 0 saturated carbocycles. The Labute approximate surface area is 163 Å². The zero-order valence-electron chi connectivity index (χ0n) is 16.6.